The highest BCUT2D eigenvalue weighted by Crippen LogP contribution is 2.24. The summed E-state index contributed by atoms with van der Waals surface area (Å²) in [6.07, 6.45) is 2.85. The van der Waals surface area contributed by atoms with Gasteiger partial charge in [0.25, 0.3) is 0 Å². The topological polar surface area (TPSA) is 58.6 Å². The number of piperidine rings is 1. The third kappa shape index (κ3) is 4.38. The Bertz CT molecular complexity index is 756. The molecule has 3 rings (SSSR count). The molecule has 0 aliphatic carbocycles. The number of anilines is 2. The Morgan fingerprint density at radius 2 is 1.96 bits per heavy atom. The first-order valence-corrected chi connectivity index (χ1v) is 8.49. The molecule has 0 saturated carbocycles. The molecule has 0 atom stereocenters. The monoisotopic (exact) mass is 338 g/mol. The van der Waals surface area contributed by atoms with Gasteiger partial charge in [0.2, 0.25) is 11.8 Å². The minimum atomic E-state index is -0.0905. The van der Waals surface area contributed by atoms with Gasteiger partial charge in [-0.2, -0.15) is 0 Å². The lowest BCUT2D eigenvalue weighted by Crippen LogP contribution is -2.35. The normalized spacial score (nSPS) is 14.3. The van der Waals surface area contributed by atoms with Gasteiger partial charge in [-0.15, -0.1) is 0 Å². The second-order valence-electron chi connectivity index (χ2n) is 6.13. The minimum absolute atomic E-state index is 0.0905. The maximum atomic E-state index is 12.3. The maximum absolute atomic E-state index is 12.3. The molecule has 2 aromatic carbocycles. The van der Waals surface area contributed by atoms with Crippen molar-refractivity contribution in [2.24, 2.45) is 0 Å². The molecule has 0 bridgehead atoms. The number of carbonyl (C=O) groups excluding carboxylic acids is 2. The lowest BCUT2D eigenvalue weighted by Gasteiger charge is -2.27. The standard InChI is InChI=1S/C20H22N2O3/c1-25-18-10-8-15(9-11-18)13-19(23)21-16-5-4-6-17(14-16)22-12-3-2-7-20(22)24/h4-6,8-11,14H,2-3,7,12-13H2,1H3,(H,21,23). The zero-order valence-electron chi connectivity index (χ0n) is 14.3. The Kier molecular flexibility index (Phi) is 5.33. The molecule has 1 saturated heterocycles. The number of amides is 2. The lowest BCUT2D eigenvalue weighted by molar-refractivity contribution is -0.119. The van der Waals surface area contributed by atoms with Crippen molar-refractivity contribution in [3.05, 3.63) is 54.1 Å². The summed E-state index contributed by atoms with van der Waals surface area (Å²) >= 11 is 0. The first-order valence-electron chi connectivity index (χ1n) is 8.49. The average Bonchev–Trinajstić information content (AvgIpc) is 2.63. The number of methoxy groups -OCH3 is 1. The molecule has 0 aromatic heterocycles. The maximum Gasteiger partial charge on any atom is 0.228 e. The molecule has 2 amide bonds. The van der Waals surface area contributed by atoms with Crippen LogP contribution in [0.3, 0.4) is 0 Å². The summed E-state index contributed by atoms with van der Waals surface area (Å²) in [4.78, 5) is 26.1. The zero-order valence-corrected chi connectivity index (χ0v) is 14.3. The third-order valence-corrected chi connectivity index (χ3v) is 4.29. The van der Waals surface area contributed by atoms with Crippen molar-refractivity contribution in [1.29, 1.82) is 0 Å². The summed E-state index contributed by atoms with van der Waals surface area (Å²) < 4.78 is 5.12. The highest BCUT2D eigenvalue weighted by atomic mass is 16.5. The van der Waals surface area contributed by atoms with Crippen molar-refractivity contribution < 1.29 is 14.3 Å². The summed E-state index contributed by atoms with van der Waals surface area (Å²) in [6, 6.07) is 14.9. The predicted octanol–water partition coefficient (Wildman–Crippen LogP) is 3.39. The molecule has 0 radical (unpaired) electrons. The SMILES string of the molecule is COc1ccc(CC(=O)Nc2cccc(N3CCCCC3=O)c2)cc1. The van der Waals surface area contributed by atoms with Crippen LogP contribution in [0.15, 0.2) is 48.5 Å². The summed E-state index contributed by atoms with van der Waals surface area (Å²) in [7, 11) is 1.61. The molecule has 2 aromatic rings. The smallest absolute Gasteiger partial charge is 0.228 e. The molecule has 1 aliphatic heterocycles. The number of hydrogen-bond acceptors (Lipinski definition) is 3. The van der Waals surface area contributed by atoms with E-state index in [0.29, 0.717) is 12.1 Å². The first kappa shape index (κ1) is 17.0. The van der Waals surface area contributed by atoms with Crippen molar-refractivity contribution >= 4 is 23.2 Å². The van der Waals surface area contributed by atoms with Crippen molar-refractivity contribution in [3.63, 3.8) is 0 Å². The Balaban J connectivity index is 1.64. The van der Waals surface area contributed by atoms with Crippen LogP contribution in [0.25, 0.3) is 0 Å². The van der Waals surface area contributed by atoms with Crippen LogP contribution in [0.1, 0.15) is 24.8 Å². The lowest BCUT2D eigenvalue weighted by atomic mass is 10.1. The molecule has 1 aliphatic rings. The Labute approximate surface area is 147 Å². The van der Waals surface area contributed by atoms with Crippen LogP contribution in [0.2, 0.25) is 0 Å². The van der Waals surface area contributed by atoms with E-state index in [4.69, 9.17) is 4.74 Å². The highest BCUT2D eigenvalue weighted by molar-refractivity contribution is 5.96. The summed E-state index contributed by atoms with van der Waals surface area (Å²) in [6.45, 7) is 0.738. The van der Waals surface area contributed by atoms with Gasteiger partial charge in [0.15, 0.2) is 0 Å². The molecule has 25 heavy (non-hydrogen) atoms. The Morgan fingerprint density at radius 1 is 1.16 bits per heavy atom. The van der Waals surface area contributed by atoms with Gasteiger partial charge in [0.1, 0.15) is 5.75 Å². The van der Waals surface area contributed by atoms with Crippen LogP contribution in [0.5, 0.6) is 5.75 Å². The molecule has 130 valence electrons. The number of hydrogen-bond donors (Lipinski definition) is 1. The summed E-state index contributed by atoms with van der Waals surface area (Å²) in [5.74, 6) is 0.823. The van der Waals surface area contributed by atoms with E-state index in [1.54, 1.807) is 12.0 Å². The Morgan fingerprint density at radius 3 is 2.68 bits per heavy atom. The van der Waals surface area contributed by atoms with Crippen LogP contribution in [0, 0.1) is 0 Å². The largest absolute Gasteiger partial charge is 0.497 e. The molecule has 0 unspecified atom stereocenters. The van der Waals surface area contributed by atoms with Crippen molar-refractivity contribution in [2.45, 2.75) is 25.7 Å². The average molecular weight is 338 g/mol. The van der Waals surface area contributed by atoms with Gasteiger partial charge in [0, 0.05) is 24.3 Å². The van der Waals surface area contributed by atoms with Gasteiger partial charge >= 0.3 is 0 Å². The van der Waals surface area contributed by atoms with E-state index in [-0.39, 0.29) is 18.2 Å². The molecule has 5 nitrogen and oxygen atoms in total. The van der Waals surface area contributed by atoms with E-state index in [2.05, 4.69) is 5.32 Å². The van der Waals surface area contributed by atoms with E-state index in [0.717, 1.165) is 36.4 Å². The number of rotatable bonds is 5. The third-order valence-electron chi connectivity index (χ3n) is 4.29. The van der Waals surface area contributed by atoms with Crippen molar-refractivity contribution in [1.82, 2.24) is 0 Å². The fraction of sp³-hybridized carbons (Fsp3) is 0.300. The Hall–Kier alpha value is -2.82. The molecule has 0 spiro atoms. The van der Waals surface area contributed by atoms with E-state index < -0.39 is 0 Å². The van der Waals surface area contributed by atoms with E-state index in [1.165, 1.54) is 0 Å². The van der Waals surface area contributed by atoms with Crippen LogP contribution >= 0.6 is 0 Å². The van der Waals surface area contributed by atoms with Gasteiger partial charge < -0.3 is 15.0 Å². The van der Waals surface area contributed by atoms with Crippen molar-refractivity contribution in [3.8, 4) is 5.75 Å². The van der Waals surface area contributed by atoms with Gasteiger partial charge in [-0.25, -0.2) is 0 Å². The molecule has 5 heteroatoms. The number of nitrogens with zero attached hydrogens (tertiary/aromatic N) is 1. The second kappa shape index (κ2) is 7.83. The predicted molar refractivity (Wildman–Crippen MR) is 98.0 cm³/mol. The molecule has 1 fully saturated rings. The van der Waals surface area contributed by atoms with Gasteiger partial charge in [0.05, 0.1) is 13.5 Å². The van der Waals surface area contributed by atoms with Gasteiger partial charge in [-0.3, -0.25) is 9.59 Å². The molecule has 1 N–H and O–H groups in total. The van der Waals surface area contributed by atoms with E-state index in [9.17, 15) is 9.59 Å². The highest BCUT2D eigenvalue weighted by Gasteiger charge is 2.19. The van der Waals surface area contributed by atoms with Gasteiger partial charge in [-0.05, 0) is 48.7 Å². The van der Waals surface area contributed by atoms with Crippen LogP contribution in [-0.4, -0.2) is 25.5 Å². The van der Waals surface area contributed by atoms with E-state index >= 15 is 0 Å². The number of benzene rings is 2. The minimum Gasteiger partial charge on any atom is -0.497 e. The number of ether oxygens (including phenoxy) is 1. The van der Waals surface area contributed by atoms with Crippen LogP contribution in [-0.2, 0) is 16.0 Å². The zero-order chi connectivity index (χ0) is 17.6. The van der Waals surface area contributed by atoms with Crippen LogP contribution in [0.4, 0.5) is 11.4 Å². The summed E-state index contributed by atoms with van der Waals surface area (Å²) in [5, 5.41) is 2.91. The summed E-state index contributed by atoms with van der Waals surface area (Å²) in [5.41, 5.74) is 2.46. The number of carbonyl (C=O) groups is 2. The fourth-order valence-electron chi connectivity index (χ4n) is 2.96. The fourth-order valence-corrected chi connectivity index (χ4v) is 2.96. The van der Waals surface area contributed by atoms with E-state index in [1.807, 2.05) is 48.5 Å². The van der Waals surface area contributed by atoms with Crippen molar-refractivity contribution in [2.75, 3.05) is 23.9 Å². The quantitative estimate of drug-likeness (QED) is 0.909. The molecular formula is C20H22N2O3. The van der Waals surface area contributed by atoms with Gasteiger partial charge in [-0.1, -0.05) is 18.2 Å². The molecular weight excluding hydrogens is 316 g/mol. The second-order valence-corrected chi connectivity index (χ2v) is 6.13. The molecule has 1 heterocycles. The number of nitrogens with one attached hydrogen (secondary N) is 1. The first-order chi connectivity index (χ1) is 12.2. The van der Waals surface area contributed by atoms with Crippen LogP contribution < -0.4 is 15.0 Å².